The number of carbonyl (C=O) groups is 1. The molecule has 3 rings (SSSR count). The monoisotopic (exact) mass is 287 g/mol. The lowest BCUT2D eigenvalue weighted by Crippen LogP contribution is -2.53. The Morgan fingerprint density at radius 1 is 1.50 bits per heavy atom. The van der Waals surface area contributed by atoms with E-state index in [1.54, 1.807) is 16.7 Å². The number of carbonyl (C=O) groups excluding carboxylic acids is 1. The van der Waals surface area contributed by atoms with Gasteiger partial charge < -0.3 is 10.2 Å². The van der Waals surface area contributed by atoms with Crippen molar-refractivity contribution >= 4 is 17.7 Å². The summed E-state index contributed by atoms with van der Waals surface area (Å²) in [7, 11) is 1.84. The van der Waals surface area contributed by atoms with E-state index in [0.717, 1.165) is 17.7 Å². The van der Waals surface area contributed by atoms with Crippen LogP contribution in [-0.2, 0) is 11.2 Å². The molecule has 4 nitrogen and oxygen atoms in total. The van der Waals surface area contributed by atoms with Gasteiger partial charge in [-0.3, -0.25) is 4.79 Å². The Morgan fingerprint density at radius 2 is 2.25 bits per heavy atom. The van der Waals surface area contributed by atoms with E-state index in [0.29, 0.717) is 6.42 Å². The summed E-state index contributed by atoms with van der Waals surface area (Å²) in [4.78, 5) is 14.6. The zero-order chi connectivity index (χ0) is 14.2. The van der Waals surface area contributed by atoms with Crippen LogP contribution in [0.2, 0.25) is 0 Å². The molecule has 104 valence electrons. The first-order valence-electron chi connectivity index (χ1n) is 6.77. The highest BCUT2D eigenvalue weighted by atomic mass is 32.2. The van der Waals surface area contributed by atoms with Gasteiger partial charge in [0.2, 0.25) is 5.91 Å². The molecule has 3 atom stereocenters. The number of hydrogen-bond donors (Lipinski definition) is 1. The van der Waals surface area contributed by atoms with Crippen LogP contribution in [0.5, 0.6) is 0 Å². The highest BCUT2D eigenvalue weighted by Crippen LogP contribution is 2.43. The molecule has 2 saturated heterocycles. The summed E-state index contributed by atoms with van der Waals surface area (Å²) in [5.74, 6) is 0.809. The van der Waals surface area contributed by atoms with Gasteiger partial charge in [0, 0.05) is 12.2 Å². The molecule has 0 spiro atoms. The predicted octanol–water partition coefficient (Wildman–Crippen LogP) is 1.38. The Bertz CT molecular complexity index is 556. The van der Waals surface area contributed by atoms with Crippen LogP contribution in [0.1, 0.15) is 12.0 Å². The van der Waals surface area contributed by atoms with Gasteiger partial charge >= 0.3 is 0 Å². The van der Waals surface area contributed by atoms with Gasteiger partial charge in [-0.2, -0.15) is 5.26 Å². The van der Waals surface area contributed by atoms with E-state index in [4.69, 9.17) is 0 Å². The molecule has 1 amide bonds. The molecule has 0 aliphatic carbocycles. The van der Waals surface area contributed by atoms with Crippen LogP contribution < -0.4 is 5.32 Å². The molecular formula is C15H17N3OS. The molecule has 1 N–H and O–H groups in total. The molecule has 2 heterocycles. The van der Waals surface area contributed by atoms with Gasteiger partial charge in [-0.05, 0) is 19.0 Å². The molecule has 20 heavy (non-hydrogen) atoms. The predicted molar refractivity (Wildman–Crippen MR) is 79.0 cm³/mol. The Hall–Kier alpha value is -1.51. The van der Waals surface area contributed by atoms with Crippen molar-refractivity contribution in [2.45, 2.75) is 29.8 Å². The number of likely N-dealkylation sites (N-methyl/N-ethyl adjacent to an activating group) is 1. The van der Waals surface area contributed by atoms with Gasteiger partial charge in [-0.15, -0.1) is 11.8 Å². The maximum absolute atomic E-state index is 12.8. The number of nitrogens with zero attached hydrogens (tertiary/aromatic N) is 2. The molecule has 0 unspecified atom stereocenters. The van der Waals surface area contributed by atoms with Crippen LogP contribution in [0.15, 0.2) is 30.3 Å². The van der Waals surface area contributed by atoms with Crippen LogP contribution >= 0.6 is 11.8 Å². The molecule has 0 aromatic heterocycles. The average molecular weight is 287 g/mol. The average Bonchev–Trinajstić information content (AvgIpc) is 2.99. The number of nitriles is 1. The van der Waals surface area contributed by atoms with Gasteiger partial charge in [-0.25, -0.2) is 0 Å². The molecule has 0 bridgehead atoms. The summed E-state index contributed by atoms with van der Waals surface area (Å²) in [6.07, 6.45) is 1.44. The van der Waals surface area contributed by atoms with Crippen molar-refractivity contribution in [3.05, 3.63) is 35.9 Å². The maximum Gasteiger partial charge on any atom is 0.245 e. The van der Waals surface area contributed by atoms with Crippen molar-refractivity contribution in [2.24, 2.45) is 0 Å². The Morgan fingerprint density at radius 3 is 2.90 bits per heavy atom. The van der Waals surface area contributed by atoms with Crippen molar-refractivity contribution in [1.29, 1.82) is 5.26 Å². The second-order valence-electron chi connectivity index (χ2n) is 5.34. The fourth-order valence-electron chi connectivity index (χ4n) is 3.11. The molecule has 1 aromatic rings. The summed E-state index contributed by atoms with van der Waals surface area (Å²) in [6.45, 7) is 0. The van der Waals surface area contributed by atoms with E-state index >= 15 is 0 Å². The van der Waals surface area contributed by atoms with E-state index in [1.807, 2.05) is 37.4 Å². The minimum absolute atomic E-state index is 0.0744. The third-order valence-corrected chi connectivity index (χ3v) is 5.52. The lowest BCUT2D eigenvalue weighted by molar-refractivity contribution is -0.133. The zero-order valence-corrected chi connectivity index (χ0v) is 12.2. The molecule has 0 radical (unpaired) electrons. The fraction of sp³-hybridized carbons (Fsp3) is 0.467. The van der Waals surface area contributed by atoms with Crippen molar-refractivity contribution in [1.82, 2.24) is 10.2 Å². The van der Waals surface area contributed by atoms with Crippen LogP contribution in [-0.4, -0.2) is 40.6 Å². The van der Waals surface area contributed by atoms with E-state index in [-0.39, 0.29) is 17.3 Å². The van der Waals surface area contributed by atoms with Crippen molar-refractivity contribution < 1.29 is 4.79 Å². The quantitative estimate of drug-likeness (QED) is 0.912. The highest BCUT2D eigenvalue weighted by molar-refractivity contribution is 8.00. The number of fused-ring (bicyclic) bond motifs is 1. The SMILES string of the molecule is CN[C@@]1(Cc2ccccc2)C[C@@H]2SC[C@@H](C#N)N2C1=O. The standard InChI is InChI=1S/C15H17N3OS/c1-17-15(7-11-5-3-2-4-6-11)8-13-18(14(15)19)12(9-16)10-20-13/h2-6,12-13,17H,7-8,10H2,1H3/t12-,13+,15+/m1/s1. The van der Waals surface area contributed by atoms with Crippen molar-refractivity contribution in [3.8, 4) is 6.07 Å². The Balaban J connectivity index is 1.88. The first kappa shape index (κ1) is 13.5. The minimum Gasteiger partial charge on any atom is -0.312 e. The third kappa shape index (κ3) is 2.00. The number of rotatable bonds is 3. The third-order valence-electron chi connectivity index (χ3n) is 4.24. The number of nitrogens with one attached hydrogen (secondary N) is 1. The highest BCUT2D eigenvalue weighted by Gasteiger charge is 2.55. The zero-order valence-electron chi connectivity index (χ0n) is 11.4. The molecule has 2 fully saturated rings. The Kier molecular flexibility index (Phi) is 3.45. The fourth-order valence-corrected chi connectivity index (χ4v) is 4.56. The van der Waals surface area contributed by atoms with Gasteiger partial charge in [-0.1, -0.05) is 30.3 Å². The molecule has 0 saturated carbocycles. The second-order valence-corrected chi connectivity index (χ2v) is 6.55. The van der Waals surface area contributed by atoms with Gasteiger partial charge in [0.05, 0.1) is 11.4 Å². The van der Waals surface area contributed by atoms with Crippen LogP contribution in [0.4, 0.5) is 0 Å². The summed E-state index contributed by atoms with van der Waals surface area (Å²) < 4.78 is 0. The van der Waals surface area contributed by atoms with Crippen LogP contribution in [0.25, 0.3) is 0 Å². The van der Waals surface area contributed by atoms with Gasteiger partial charge in [0.25, 0.3) is 0 Å². The number of benzene rings is 1. The number of thioether (sulfide) groups is 1. The number of hydrogen-bond acceptors (Lipinski definition) is 4. The largest absolute Gasteiger partial charge is 0.312 e. The second kappa shape index (κ2) is 5.12. The summed E-state index contributed by atoms with van der Waals surface area (Å²) in [5.41, 5.74) is 0.587. The molecular weight excluding hydrogens is 270 g/mol. The Labute approximate surface area is 123 Å². The molecule has 5 heteroatoms. The van der Waals surface area contributed by atoms with Crippen LogP contribution in [0.3, 0.4) is 0 Å². The van der Waals surface area contributed by atoms with Crippen LogP contribution in [0, 0.1) is 11.3 Å². The first-order valence-corrected chi connectivity index (χ1v) is 7.82. The minimum atomic E-state index is -0.561. The van der Waals surface area contributed by atoms with Crippen molar-refractivity contribution in [3.63, 3.8) is 0 Å². The normalized spacial score (nSPS) is 32.2. The van der Waals surface area contributed by atoms with E-state index in [1.165, 1.54) is 0 Å². The van der Waals surface area contributed by atoms with E-state index < -0.39 is 5.54 Å². The van der Waals surface area contributed by atoms with Crippen molar-refractivity contribution in [2.75, 3.05) is 12.8 Å². The molecule has 2 aliphatic heterocycles. The smallest absolute Gasteiger partial charge is 0.245 e. The lowest BCUT2D eigenvalue weighted by Gasteiger charge is -2.28. The van der Waals surface area contributed by atoms with Gasteiger partial charge in [0.15, 0.2) is 0 Å². The van der Waals surface area contributed by atoms with Gasteiger partial charge in [0.1, 0.15) is 11.6 Å². The summed E-state index contributed by atoms with van der Waals surface area (Å²) in [5, 5.41) is 12.6. The maximum atomic E-state index is 12.8. The first-order chi connectivity index (χ1) is 9.70. The van der Waals surface area contributed by atoms with E-state index in [2.05, 4.69) is 11.4 Å². The topological polar surface area (TPSA) is 56.1 Å². The summed E-state index contributed by atoms with van der Waals surface area (Å²) >= 11 is 1.72. The molecule has 2 aliphatic rings. The summed E-state index contributed by atoms with van der Waals surface area (Å²) in [6, 6.07) is 12.0. The van der Waals surface area contributed by atoms with E-state index in [9.17, 15) is 10.1 Å². The molecule has 1 aromatic carbocycles. The number of amides is 1. The lowest BCUT2D eigenvalue weighted by atomic mass is 9.89.